The van der Waals surface area contributed by atoms with Crippen LogP contribution in [0.15, 0.2) is 84.9 Å². The monoisotopic (exact) mass is 408 g/mol. The Kier molecular flexibility index (Phi) is 4.95. The van der Waals surface area contributed by atoms with Crippen LogP contribution in [0.3, 0.4) is 0 Å². The first-order valence-corrected chi connectivity index (χ1v) is 10.7. The average molecular weight is 409 g/mol. The Morgan fingerprint density at radius 2 is 1.40 bits per heavy atom. The predicted octanol–water partition coefficient (Wildman–Crippen LogP) is 5.84. The molecule has 0 spiro atoms. The van der Waals surface area contributed by atoms with Crippen LogP contribution in [0.5, 0.6) is 0 Å². The van der Waals surface area contributed by atoms with Crippen LogP contribution < -0.4 is 0 Å². The third kappa shape index (κ3) is 3.67. The Hall–Kier alpha value is -3.57. The minimum absolute atomic E-state index is 0.0292. The van der Waals surface area contributed by atoms with Gasteiger partial charge < -0.3 is 0 Å². The van der Waals surface area contributed by atoms with Gasteiger partial charge in [-0.15, -0.1) is 10.2 Å². The average Bonchev–Trinajstić information content (AvgIpc) is 3.37. The summed E-state index contributed by atoms with van der Waals surface area (Å²) in [4.78, 5) is 0.797. The third-order valence-corrected chi connectivity index (χ3v) is 5.91. The summed E-state index contributed by atoms with van der Waals surface area (Å²) < 4.78 is 1.88. The highest BCUT2D eigenvalue weighted by Gasteiger charge is 2.24. The molecule has 146 valence electrons. The summed E-state index contributed by atoms with van der Waals surface area (Å²) in [6, 6.07) is 29.2. The fourth-order valence-electron chi connectivity index (χ4n) is 3.52. The van der Waals surface area contributed by atoms with E-state index in [1.165, 1.54) is 28.0 Å². The standard InChI is InChI=1S/C25H20N4S/c1-18-12-14-19(15-13-18)16-17-22-28-29-24(26-27-25(29)30-22)23(20-8-4-2-5-9-20)21-10-6-3-7-11-21/h2-17,23H,1H3/b17-16+. The second-order valence-corrected chi connectivity index (χ2v) is 8.18. The van der Waals surface area contributed by atoms with Crippen LogP contribution in [-0.2, 0) is 0 Å². The van der Waals surface area contributed by atoms with Gasteiger partial charge in [-0.3, -0.25) is 0 Å². The molecule has 0 radical (unpaired) electrons. The van der Waals surface area contributed by atoms with Gasteiger partial charge in [0.1, 0.15) is 5.01 Å². The van der Waals surface area contributed by atoms with Crippen molar-refractivity contribution in [2.45, 2.75) is 12.8 Å². The van der Waals surface area contributed by atoms with E-state index in [0.717, 1.165) is 21.4 Å². The second-order valence-electron chi connectivity index (χ2n) is 7.19. The molecule has 0 saturated heterocycles. The Morgan fingerprint density at radius 3 is 2.03 bits per heavy atom. The van der Waals surface area contributed by atoms with E-state index in [9.17, 15) is 0 Å². The van der Waals surface area contributed by atoms with Crippen LogP contribution in [-0.4, -0.2) is 19.8 Å². The van der Waals surface area contributed by atoms with E-state index in [1.807, 2.05) is 22.7 Å². The van der Waals surface area contributed by atoms with Gasteiger partial charge >= 0.3 is 0 Å². The van der Waals surface area contributed by atoms with Crippen LogP contribution in [0.4, 0.5) is 0 Å². The molecule has 5 heteroatoms. The highest BCUT2D eigenvalue weighted by Crippen LogP contribution is 2.31. The molecule has 3 aromatic carbocycles. The molecule has 5 rings (SSSR count). The first-order valence-electron chi connectivity index (χ1n) is 9.85. The van der Waals surface area contributed by atoms with Crippen molar-refractivity contribution >= 4 is 28.4 Å². The molecule has 5 aromatic rings. The summed E-state index contributed by atoms with van der Waals surface area (Å²) in [5, 5.41) is 14.6. The van der Waals surface area contributed by atoms with E-state index >= 15 is 0 Å². The van der Waals surface area contributed by atoms with Crippen molar-refractivity contribution < 1.29 is 0 Å². The topological polar surface area (TPSA) is 43.1 Å². The fraction of sp³-hybridized carbons (Fsp3) is 0.0800. The van der Waals surface area contributed by atoms with Gasteiger partial charge in [0, 0.05) is 0 Å². The van der Waals surface area contributed by atoms with Gasteiger partial charge in [0.2, 0.25) is 4.96 Å². The third-order valence-electron chi connectivity index (χ3n) is 5.05. The largest absolute Gasteiger partial charge is 0.234 e. The van der Waals surface area contributed by atoms with Crippen molar-refractivity contribution in [3.63, 3.8) is 0 Å². The van der Waals surface area contributed by atoms with Gasteiger partial charge in [-0.2, -0.15) is 9.61 Å². The molecule has 4 nitrogen and oxygen atoms in total. The van der Waals surface area contributed by atoms with E-state index in [1.54, 1.807) is 0 Å². The Labute approximate surface area is 179 Å². The van der Waals surface area contributed by atoms with Crippen LogP contribution >= 0.6 is 11.3 Å². The highest BCUT2D eigenvalue weighted by molar-refractivity contribution is 7.17. The summed E-state index contributed by atoms with van der Waals surface area (Å²) >= 11 is 1.54. The van der Waals surface area contributed by atoms with Gasteiger partial charge in [-0.25, -0.2) is 0 Å². The van der Waals surface area contributed by atoms with E-state index < -0.39 is 0 Å². The summed E-state index contributed by atoms with van der Waals surface area (Å²) in [5.41, 5.74) is 4.74. The minimum atomic E-state index is -0.0292. The second kappa shape index (κ2) is 8.05. The fourth-order valence-corrected chi connectivity index (χ4v) is 4.27. The molecular formula is C25H20N4S. The molecule has 0 aliphatic rings. The molecule has 0 saturated carbocycles. The van der Waals surface area contributed by atoms with Crippen LogP contribution in [0, 0.1) is 6.92 Å². The number of hydrogen-bond acceptors (Lipinski definition) is 4. The maximum Gasteiger partial charge on any atom is 0.234 e. The van der Waals surface area contributed by atoms with E-state index in [0.29, 0.717) is 0 Å². The molecule has 2 heterocycles. The Bertz CT molecular complexity index is 1250. The molecular weight excluding hydrogens is 388 g/mol. The molecule has 2 aromatic heterocycles. The lowest BCUT2D eigenvalue weighted by molar-refractivity contribution is 0.782. The Balaban J connectivity index is 1.55. The lowest BCUT2D eigenvalue weighted by atomic mass is 9.91. The zero-order valence-electron chi connectivity index (χ0n) is 16.5. The lowest BCUT2D eigenvalue weighted by Crippen LogP contribution is -2.08. The molecule has 0 bridgehead atoms. The number of benzene rings is 3. The van der Waals surface area contributed by atoms with Crippen molar-refractivity contribution in [3.05, 3.63) is 118 Å². The summed E-state index contributed by atoms with van der Waals surface area (Å²) in [6.07, 6.45) is 4.12. The van der Waals surface area contributed by atoms with Crippen molar-refractivity contribution in [2.24, 2.45) is 0 Å². The minimum Gasteiger partial charge on any atom is -0.186 e. The van der Waals surface area contributed by atoms with E-state index in [2.05, 4.69) is 96.0 Å². The number of rotatable bonds is 5. The highest BCUT2D eigenvalue weighted by atomic mass is 32.1. The summed E-state index contributed by atoms with van der Waals surface area (Å²) in [7, 11) is 0. The van der Waals surface area contributed by atoms with Gasteiger partial charge in [0.15, 0.2) is 5.82 Å². The molecule has 0 aliphatic carbocycles. The van der Waals surface area contributed by atoms with E-state index in [4.69, 9.17) is 5.10 Å². The maximum absolute atomic E-state index is 4.80. The molecule has 0 amide bonds. The van der Waals surface area contributed by atoms with Crippen molar-refractivity contribution in [3.8, 4) is 0 Å². The van der Waals surface area contributed by atoms with Crippen LogP contribution in [0.1, 0.15) is 39.0 Å². The maximum atomic E-state index is 4.80. The number of aromatic nitrogens is 4. The van der Waals surface area contributed by atoms with Gasteiger partial charge in [0.25, 0.3) is 0 Å². The molecule has 30 heavy (non-hydrogen) atoms. The molecule has 0 N–H and O–H groups in total. The quantitative estimate of drug-likeness (QED) is 0.367. The lowest BCUT2D eigenvalue weighted by Gasteiger charge is -2.15. The zero-order valence-corrected chi connectivity index (χ0v) is 17.3. The summed E-state index contributed by atoms with van der Waals surface area (Å²) in [6.45, 7) is 2.09. The number of fused-ring (bicyclic) bond motifs is 1. The van der Waals surface area contributed by atoms with Crippen LogP contribution in [0.25, 0.3) is 17.1 Å². The smallest absolute Gasteiger partial charge is 0.186 e. The van der Waals surface area contributed by atoms with Crippen molar-refractivity contribution in [1.82, 2.24) is 19.8 Å². The number of hydrogen-bond donors (Lipinski definition) is 0. The number of nitrogens with zero attached hydrogens (tertiary/aromatic N) is 4. The SMILES string of the molecule is Cc1ccc(/C=C/c2nn3c(C(c4ccccc4)c4ccccc4)nnc3s2)cc1. The van der Waals surface area contributed by atoms with Crippen molar-refractivity contribution in [1.29, 1.82) is 0 Å². The first kappa shape index (κ1) is 18.5. The predicted molar refractivity (Wildman–Crippen MR) is 123 cm³/mol. The molecule has 0 aliphatic heterocycles. The number of aryl methyl sites for hydroxylation is 1. The van der Waals surface area contributed by atoms with Gasteiger partial charge in [0.05, 0.1) is 5.92 Å². The van der Waals surface area contributed by atoms with E-state index in [-0.39, 0.29) is 5.92 Å². The Morgan fingerprint density at radius 1 is 0.767 bits per heavy atom. The van der Waals surface area contributed by atoms with Crippen LogP contribution in [0.2, 0.25) is 0 Å². The molecule has 0 fully saturated rings. The first-order chi connectivity index (χ1) is 14.8. The van der Waals surface area contributed by atoms with Gasteiger partial charge in [-0.1, -0.05) is 108 Å². The normalized spacial score (nSPS) is 11.7. The van der Waals surface area contributed by atoms with Gasteiger partial charge in [-0.05, 0) is 29.7 Å². The van der Waals surface area contributed by atoms with Crippen molar-refractivity contribution in [2.75, 3.05) is 0 Å². The molecule has 0 unspecified atom stereocenters. The summed E-state index contributed by atoms with van der Waals surface area (Å²) in [5.74, 6) is 0.798. The zero-order chi connectivity index (χ0) is 20.3. The molecule has 0 atom stereocenters.